The van der Waals surface area contributed by atoms with Gasteiger partial charge >= 0.3 is 0 Å². The number of nitrogens with one attached hydrogen (secondary N) is 2. The number of fused-ring (bicyclic) bond motifs is 1. The van der Waals surface area contributed by atoms with Gasteiger partial charge in [-0.15, -0.1) is 0 Å². The lowest BCUT2D eigenvalue weighted by molar-refractivity contribution is -0.126. The molecule has 0 unspecified atom stereocenters. The minimum absolute atomic E-state index is 0.144. The topological polar surface area (TPSA) is 89.4 Å². The fraction of sp³-hybridized carbons (Fsp3) is 0.227. The van der Waals surface area contributed by atoms with E-state index in [2.05, 4.69) is 10.6 Å². The first-order chi connectivity index (χ1) is 14.0. The maximum absolute atomic E-state index is 12.6. The highest BCUT2D eigenvalue weighted by Gasteiger charge is 2.11. The van der Waals surface area contributed by atoms with Crippen LogP contribution in [0.1, 0.15) is 11.3 Å². The molecule has 0 aliphatic rings. The van der Waals surface area contributed by atoms with Crippen LogP contribution in [0, 0.1) is 6.92 Å². The normalized spacial score (nSPS) is 10.6. The molecule has 150 valence electrons. The summed E-state index contributed by atoms with van der Waals surface area (Å²) in [5, 5.41) is 6.69. The third-order valence-corrected chi connectivity index (χ3v) is 4.64. The quantitative estimate of drug-likeness (QED) is 0.640. The Balaban J connectivity index is 1.57. The Morgan fingerprint density at radius 3 is 2.52 bits per heavy atom. The van der Waals surface area contributed by atoms with Gasteiger partial charge in [0.05, 0.1) is 13.7 Å². The number of nitrogens with zero attached hydrogens (tertiary/aromatic N) is 1. The second-order valence-electron chi connectivity index (χ2n) is 6.63. The zero-order chi connectivity index (χ0) is 20.8. The maximum atomic E-state index is 12.6. The molecule has 0 aliphatic carbocycles. The number of aromatic nitrogens is 1. The fourth-order valence-corrected chi connectivity index (χ4v) is 3.11. The van der Waals surface area contributed by atoms with Gasteiger partial charge in [0.25, 0.3) is 5.56 Å². The lowest BCUT2D eigenvalue weighted by Gasteiger charge is -2.12. The SMILES string of the molecule is COc1ccccc1CNC(=O)CNC(=O)Cn1c(C)cc2ccccc2c1=O. The average molecular weight is 393 g/mol. The van der Waals surface area contributed by atoms with Crippen LogP contribution in [0.4, 0.5) is 0 Å². The van der Waals surface area contributed by atoms with Crippen LogP contribution in [-0.2, 0) is 22.7 Å². The van der Waals surface area contributed by atoms with E-state index in [0.29, 0.717) is 23.4 Å². The van der Waals surface area contributed by atoms with Crippen LogP contribution in [0.15, 0.2) is 59.4 Å². The maximum Gasteiger partial charge on any atom is 0.259 e. The molecule has 1 heterocycles. The second-order valence-corrected chi connectivity index (χ2v) is 6.63. The van der Waals surface area contributed by atoms with Crippen LogP contribution in [0.25, 0.3) is 10.8 Å². The molecule has 29 heavy (non-hydrogen) atoms. The number of methoxy groups -OCH3 is 1. The van der Waals surface area contributed by atoms with E-state index < -0.39 is 5.91 Å². The molecule has 0 bridgehead atoms. The molecule has 1 aromatic heterocycles. The highest BCUT2D eigenvalue weighted by atomic mass is 16.5. The number of amides is 2. The molecule has 0 atom stereocenters. The molecule has 7 heteroatoms. The van der Waals surface area contributed by atoms with Crippen LogP contribution in [0.5, 0.6) is 5.75 Å². The lowest BCUT2D eigenvalue weighted by Crippen LogP contribution is -2.39. The molecular weight excluding hydrogens is 370 g/mol. The number of pyridine rings is 1. The second kappa shape index (κ2) is 9.05. The van der Waals surface area contributed by atoms with E-state index in [1.165, 1.54) is 4.57 Å². The van der Waals surface area contributed by atoms with Crippen LogP contribution < -0.4 is 20.9 Å². The molecule has 2 aromatic carbocycles. The van der Waals surface area contributed by atoms with Gasteiger partial charge in [-0.3, -0.25) is 14.4 Å². The van der Waals surface area contributed by atoms with E-state index in [1.54, 1.807) is 26.2 Å². The number of hydrogen-bond acceptors (Lipinski definition) is 4. The molecule has 2 amide bonds. The van der Waals surface area contributed by atoms with Crippen molar-refractivity contribution in [2.24, 2.45) is 0 Å². The van der Waals surface area contributed by atoms with Gasteiger partial charge in [-0.05, 0) is 30.5 Å². The largest absolute Gasteiger partial charge is 0.496 e. The van der Waals surface area contributed by atoms with E-state index in [4.69, 9.17) is 4.74 Å². The number of ether oxygens (including phenoxy) is 1. The van der Waals surface area contributed by atoms with Crippen molar-refractivity contribution in [2.75, 3.05) is 13.7 Å². The Bertz CT molecular complexity index is 1100. The number of hydrogen-bond donors (Lipinski definition) is 2. The number of carbonyl (C=O) groups excluding carboxylic acids is 2. The number of carbonyl (C=O) groups is 2. The van der Waals surface area contributed by atoms with E-state index in [9.17, 15) is 14.4 Å². The van der Waals surface area contributed by atoms with Crippen LogP contribution in [0.3, 0.4) is 0 Å². The summed E-state index contributed by atoms with van der Waals surface area (Å²) < 4.78 is 6.65. The predicted molar refractivity (Wildman–Crippen MR) is 111 cm³/mol. The minimum atomic E-state index is -0.405. The summed E-state index contributed by atoms with van der Waals surface area (Å²) >= 11 is 0. The van der Waals surface area contributed by atoms with Crippen molar-refractivity contribution < 1.29 is 14.3 Å². The number of rotatable bonds is 7. The van der Waals surface area contributed by atoms with Gasteiger partial charge in [-0.1, -0.05) is 36.4 Å². The monoisotopic (exact) mass is 393 g/mol. The molecular formula is C22H23N3O4. The predicted octanol–water partition coefficient (Wildman–Crippen LogP) is 1.75. The number of benzene rings is 2. The molecule has 0 spiro atoms. The summed E-state index contributed by atoms with van der Waals surface area (Å²) in [5.41, 5.74) is 1.30. The fourth-order valence-electron chi connectivity index (χ4n) is 3.11. The van der Waals surface area contributed by atoms with E-state index in [1.807, 2.05) is 42.5 Å². The summed E-state index contributed by atoms with van der Waals surface area (Å²) in [6.45, 7) is 1.76. The average Bonchev–Trinajstić information content (AvgIpc) is 2.74. The van der Waals surface area contributed by atoms with Crippen molar-refractivity contribution in [1.82, 2.24) is 15.2 Å². The van der Waals surface area contributed by atoms with Crippen LogP contribution in [-0.4, -0.2) is 30.0 Å². The molecule has 0 saturated carbocycles. The summed E-state index contributed by atoms with van der Waals surface area (Å²) in [5.74, 6) is -0.0484. The Kier molecular flexibility index (Phi) is 6.29. The van der Waals surface area contributed by atoms with Crippen molar-refractivity contribution in [1.29, 1.82) is 0 Å². The standard InChI is InChI=1S/C22H23N3O4/c1-15-11-16-7-3-5-9-18(16)22(28)25(15)14-21(27)24-13-20(26)23-12-17-8-4-6-10-19(17)29-2/h3-11H,12-14H2,1-2H3,(H,23,26)(H,24,27). The molecule has 3 rings (SSSR count). The van der Waals surface area contributed by atoms with Gasteiger partial charge in [0, 0.05) is 23.2 Å². The van der Waals surface area contributed by atoms with Gasteiger partial charge in [0.2, 0.25) is 11.8 Å². The summed E-state index contributed by atoms with van der Waals surface area (Å²) in [6.07, 6.45) is 0. The third-order valence-electron chi connectivity index (χ3n) is 4.64. The number of aryl methyl sites for hydroxylation is 1. The van der Waals surface area contributed by atoms with Crippen molar-refractivity contribution in [2.45, 2.75) is 20.0 Å². The van der Waals surface area contributed by atoms with E-state index in [-0.39, 0.29) is 24.6 Å². The Morgan fingerprint density at radius 2 is 1.72 bits per heavy atom. The molecule has 3 aromatic rings. The van der Waals surface area contributed by atoms with Gasteiger partial charge in [-0.25, -0.2) is 0 Å². The highest BCUT2D eigenvalue weighted by molar-refractivity contribution is 5.85. The zero-order valence-electron chi connectivity index (χ0n) is 16.4. The van der Waals surface area contributed by atoms with Gasteiger partial charge in [0.15, 0.2) is 0 Å². The third kappa shape index (κ3) is 4.82. The molecule has 0 saturated heterocycles. The smallest absolute Gasteiger partial charge is 0.259 e. The molecule has 2 N–H and O–H groups in total. The van der Waals surface area contributed by atoms with Gasteiger partial charge in [-0.2, -0.15) is 0 Å². The minimum Gasteiger partial charge on any atom is -0.496 e. The van der Waals surface area contributed by atoms with Crippen LogP contribution >= 0.6 is 0 Å². The molecule has 0 fully saturated rings. The van der Waals surface area contributed by atoms with E-state index >= 15 is 0 Å². The Hall–Kier alpha value is -3.61. The first-order valence-electron chi connectivity index (χ1n) is 9.24. The Morgan fingerprint density at radius 1 is 1.00 bits per heavy atom. The first-order valence-corrected chi connectivity index (χ1v) is 9.24. The molecule has 0 radical (unpaired) electrons. The Labute approximate surface area is 168 Å². The lowest BCUT2D eigenvalue weighted by atomic mass is 10.1. The molecule has 0 aliphatic heterocycles. The van der Waals surface area contributed by atoms with Crippen LogP contribution in [0.2, 0.25) is 0 Å². The molecule has 7 nitrogen and oxygen atoms in total. The van der Waals surface area contributed by atoms with Gasteiger partial charge < -0.3 is 19.9 Å². The zero-order valence-corrected chi connectivity index (χ0v) is 16.4. The van der Waals surface area contributed by atoms with E-state index in [0.717, 1.165) is 10.9 Å². The first kappa shape index (κ1) is 20.1. The van der Waals surface area contributed by atoms with Crippen molar-refractivity contribution in [3.63, 3.8) is 0 Å². The number of para-hydroxylation sites is 1. The van der Waals surface area contributed by atoms with Crippen molar-refractivity contribution >= 4 is 22.6 Å². The summed E-state index contributed by atoms with van der Waals surface area (Å²) in [7, 11) is 1.57. The van der Waals surface area contributed by atoms with Crippen molar-refractivity contribution in [3.8, 4) is 5.75 Å². The van der Waals surface area contributed by atoms with Crippen molar-refractivity contribution in [3.05, 3.63) is 76.2 Å². The van der Waals surface area contributed by atoms with Gasteiger partial charge in [0.1, 0.15) is 12.3 Å². The summed E-state index contributed by atoms with van der Waals surface area (Å²) in [4.78, 5) is 36.9. The summed E-state index contributed by atoms with van der Waals surface area (Å²) in [6, 6.07) is 16.5. The highest BCUT2D eigenvalue weighted by Crippen LogP contribution is 2.16.